The summed E-state index contributed by atoms with van der Waals surface area (Å²) in [5.41, 5.74) is 3.09. The number of benzene rings is 1. The summed E-state index contributed by atoms with van der Waals surface area (Å²) < 4.78 is 5.33. The van der Waals surface area contributed by atoms with Gasteiger partial charge in [0.05, 0.1) is 12.8 Å². The van der Waals surface area contributed by atoms with E-state index in [0.717, 1.165) is 22.6 Å². The van der Waals surface area contributed by atoms with E-state index < -0.39 is 0 Å². The molecule has 0 N–H and O–H groups in total. The number of rotatable bonds is 2. The molecule has 3 nitrogen and oxygen atoms in total. The number of nitrogens with zero attached hydrogens (tertiary/aromatic N) is 1. The molecule has 0 aliphatic carbocycles. The molecule has 0 amide bonds. The van der Waals surface area contributed by atoms with Crippen molar-refractivity contribution < 1.29 is 9.53 Å². The van der Waals surface area contributed by atoms with E-state index in [-0.39, 0.29) is 11.7 Å². The van der Waals surface area contributed by atoms with Crippen molar-refractivity contribution in [1.82, 2.24) is 0 Å². The van der Waals surface area contributed by atoms with Crippen LogP contribution in [-0.4, -0.2) is 30.2 Å². The molecule has 0 fully saturated rings. The standard InChI is InChI=1S/C12H13NO2S/c1-8-3-4-9(11(5-8)15-2)10-7-16-12(14)6-13-10/h3-5H,6-7H2,1-2H3. The number of aryl methyl sites for hydroxylation is 1. The molecule has 0 spiro atoms. The van der Waals surface area contributed by atoms with Gasteiger partial charge in [-0.25, -0.2) is 0 Å². The molecule has 0 unspecified atom stereocenters. The van der Waals surface area contributed by atoms with Gasteiger partial charge in [-0.3, -0.25) is 9.79 Å². The lowest BCUT2D eigenvalue weighted by atomic mass is 10.1. The second-order valence-electron chi connectivity index (χ2n) is 3.63. The second kappa shape index (κ2) is 4.70. The molecule has 0 saturated heterocycles. The number of thioether (sulfide) groups is 1. The fourth-order valence-corrected chi connectivity index (χ4v) is 2.30. The summed E-state index contributed by atoms with van der Waals surface area (Å²) in [6.45, 7) is 2.30. The van der Waals surface area contributed by atoms with Crippen molar-refractivity contribution >= 4 is 22.6 Å². The monoisotopic (exact) mass is 235 g/mol. The van der Waals surface area contributed by atoms with E-state index >= 15 is 0 Å². The molecule has 0 atom stereocenters. The number of carbonyl (C=O) groups excluding carboxylic acids is 1. The molecule has 1 aliphatic heterocycles. The van der Waals surface area contributed by atoms with Gasteiger partial charge in [0.15, 0.2) is 0 Å². The van der Waals surface area contributed by atoms with Crippen LogP contribution in [0.5, 0.6) is 5.75 Å². The smallest absolute Gasteiger partial charge is 0.210 e. The van der Waals surface area contributed by atoms with Crippen LogP contribution in [-0.2, 0) is 4.79 Å². The Kier molecular flexibility index (Phi) is 3.29. The van der Waals surface area contributed by atoms with Crippen LogP contribution < -0.4 is 4.74 Å². The Morgan fingerprint density at radius 3 is 2.88 bits per heavy atom. The molecule has 2 rings (SSSR count). The van der Waals surface area contributed by atoms with Crippen LogP contribution >= 0.6 is 11.8 Å². The highest BCUT2D eigenvalue weighted by molar-refractivity contribution is 8.14. The SMILES string of the molecule is COc1cc(C)ccc1C1=NCC(=O)SC1. The van der Waals surface area contributed by atoms with Crippen LogP contribution in [0.15, 0.2) is 23.2 Å². The van der Waals surface area contributed by atoms with Gasteiger partial charge in [-0.1, -0.05) is 17.8 Å². The molecular formula is C12H13NO2S. The zero-order chi connectivity index (χ0) is 11.5. The van der Waals surface area contributed by atoms with Crippen molar-refractivity contribution in [2.75, 3.05) is 19.4 Å². The Hall–Kier alpha value is -1.29. The van der Waals surface area contributed by atoms with Crippen molar-refractivity contribution in [3.8, 4) is 5.75 Å². The van der Waals surface area contributed by atoms with Gasteiger partial charge >= 0.3 is 0 Å². The number of aliphatic imine (C=N–C) groups is 1. The van der Waals surface area contributed by atoms with E-state index in [1.807, 2.05) is 25.1 Å². The second-order valence-corrected chi connectivity index (χ2v) is 4.66. The maximum atomic E-state index is 11.1. The zero-order valence-corrected chi connectivity index (χ0v) is 10.1. The third-order valence-electron chi connectivity index (χ3n) is 2.44. The predicted molar refractivity (Wildman–Crippen MR) is 66.6 cm³/mol. The minimum absolute atomic E-state index is 0.134. The molecule has 4 heteroatoms. The van der Waals surface area contributed by atoms with Gasteiger partial charge in [-0.15, -0.1) is 0 Å². The minimum atomic E-state index is 0.134. The Morgan fingerprint density at radius 1 is 1.44 bits per heavy atom. The molecule has 0 radical (unpaired) electrons. The van der Waals surface area contributed by atoms with Gasteiger partial charge in [0.2, 0.25) is 5.12 Å². The predicted octanol–water partition coefficient (Wildman–Crippen LogP) is 2.07. The molecule has 0 bridgehead atoms. The first-order valence-electron chi connectivity index (χ1n) is 5.04. The van der Waals surface area contributed by atoms with E-state index in [9.17, 15) is 4.79 Å². The normalized spacial score (nSPS) is 15.9. The lowest BCUT2D eigenvalue weighted by Gasteiger charge is -2.14. The number of ether oxygens (including phenoxy) is 1. The van der Waals surface area contributed by atoms with E-state index in [0.29, 0.717) is 5.75 Å². The van der Waals surface area contributed by atoms with Crippen molar-refractivity contribution in [1.29, 1.82) is 0 Å². The summed E-state index contributed by atoms with van der Waals surface area (Å²) in [6.07, 6.45) is 0. The molecule has 1 aliphatic rings. The first-order chi connectivity index (χ1) is 7.70. The van der Waals surface area contributed by atoms with Crippen LogP contribution in [0.25, 0.3) is 0 Å². The topological polar surface area (TPSA) is 38.7 Å². The number of carbonyl (C=O) groups is 1. The van der Waals surface area contributed by atoms with E-state index in [1.54, 1.807) is 7.11 Å². The first-order valence-corrected chi connectivity index (χ1v) is 6.03. The van der Waals surface area contributed by atoms with Gasteiger partial charge in [-0.2, -0.15) is 0 Å². The number of hydrogen-bond donors (Lipinski definition) is 0. The van der Waals surface area contributed by atoms with Crippen LogP contribution in [0.4, 0.5) is 0 Å². The summed E-state index contributed by atoms with van der Waals surface area (Å²) in [5, 5.41) is 0.134. The molecular weight excluding hydrogens is 222 g/mol. The Bertz CT molecular complexity index is 454. The fraction of sp³-hybridized carbons (Fsp3) is 0.333. The van der Waals surface area contributed by atoms with Gasteiger partial charge < -0.3 is 4.74 Å². The molecule has 84 valence electrons. The molecule has 0 saturated carbocycles. The minimum Gasteiger partial charge on any atom is -0.496 e. The van der Waals surface area contributed by atoms with Gasteiger partial charge in [0.25, 0.3) is 0 Å². The highest BCUT2D eigenvalue weighted by atomic mass is 32.2. The molecule has 1 heterocycles. The van der Waals surface area contributed by atoms with Crippen LogP contribution in [0.2, 0.25) is 0 Å². The summed E-state index contributed by atoms with van der Waals surface area (Å²) in [5.74, 6) is 1.46. The maximum Gasteiger partial charge on any atom is 0.210 e. The Balaban J connectivity index is 2.36. The van der Waals surface area contributed by atoms with Crippen molar-refractivity contribution in [2.45, 2.75) is 6.92 Å². The quantitative estimate of drug-likeness (QED) is 0.787. The van der Waals surface area contributed by atoms with Gasteiger partial charge in [0.1, 0.15) is 12.3 Å². The largest absolute Gasteiger partial charge is 0.496 e. The lowest BCUT2D eigenvalue weighted by molar-refractivity contribution is -0.109. The zero-order valence-electron chi connectivity index (χ0n) is 9.32. The van der Waals surface area contributed by atoms with Gasteiger partial charge in [-0.05, 0) is 24.6 Å². The molecule has 1 aromatic carbocycles. The summed E-state index contributed by atoms with van der Waals surface area (Å²) in [6, 6.07) is 6.02. The van der Waals surface area contributed by atoms with Crippen LogP contribution in [0.3, 0.4) is 0 Å². The average Bonchev–Trinajstić information content (AvgIpc) is 2.30. The van der Waals surface area contributed by atoms with Crippen molar-refractivity contribution in [3.05, 3.63) is 29.3 Å². The number of methoxy groups -OCH3 is 1. The lowest BCUT2D eigenvalue weighted by Crippen LogP contribution is -2.16. The first kappa shape index (κ1) is 11.2. The molecule has 16 heavy (non-hydrogen) atoms. The van der Waals surface area contributed by atoms with Crippen LogP contribution in [0, 0.1) is 6.92 Å². The van der Waals surface area contributed by atoms with E-state index in [4.69, 9.17) is 4.74 Å². The fourth-order valence-electron chi connectivity index (χ4n) is 1.60. The van der Waals surface area contributed by atoms with E-state index in [1.165, 1.54) is 11.8 Å². The average molecular weight is 235 g/mol. The van der Waals surface area contributed by atoms with Crippen LogP contribution in [0.1, 0.15) is 11.1 Å². The Morgan fingerprint density at radius 2 is 2.25 bits per heavy atom. The number of hydrogen-bond acceptors (Lipinski definition) is 4. The highest BCUT2D eigenvalue weighted by Crippen LogP contribution is 2.24. The Labute approximate surface area is 98.9 Å². The third kappa shape index (κ3) is 2.27. The summed E-state index contributed by atoms with van der Waals surface area (Å²) >= 11 is 1.32. The van der Waals surface area contributed by atoms with Crippen molar-refractivity contribution in [3.63, 3.8) is 0 Å². The van der Waals surface area contributed by atoms with Gasteiger partial charge in [0, 0.05) is 11.3 Å². The summed E-state index contributed by atoms with van der Waals surface area (Å²) in [7, 11) is 1.65. The molecule has 0 aromatic heterocycles. The molecule has 1 aromatic rings. The summed E-state index contributed by atoms with van der Waals surface area (Å²) in [4.78, 5) is 15.4. The van der Waals surface area contributed by atoms with Crippen molar-refractivity contribution in [2.24, 2.45) is 4.99 Å². The van der Waals surface area contributed by atoms with E-state index in [2.05, 4.69) is 4.99 Å². The maximum absolute atomic E-state index is 11.1. The third-order valence-corrected chi connectivity index (χ3v) is 3.31. The highest BCUT2D eigenvalue weighted by Gasteiger charge is 2.16.